The molecular formula is C7H13NO2. The zero-order chi connectivity index (χ0) is 8.15. The molecule has 0 aliphatic carbocycles. The minimum absolute atomic E-state index is 0.0463. The molecule has 58 valence electrons. The Morgan fingerprint density at radius 2 is 2.00 bits per heavy atom. The van der Waals surface area contributed by atoms with Crippen molar-refractivity contribution in [2.45, 2.75) is 26.3 Å². The molecule has 0 aliphatic rings. The van der Waals surface area contributed by atoms with E-state index >= 15 is 0 Å². The Kier molecular flexibility index (Phi) is 3.88. The van der Waals surface area contributed by atoms with E-state index in [1.54, 1.807) is 14.0 Å². The molecule has 3 heteroatoms. The van der Waals surface area contributed by atoms with Gasteiger partial charge in [-0.1, -0.05) is 6.92 Å². The van der Waals surface area contributed by atoms with Crippen LogP contribution in [0.25, 0.3) is 0 Å². The summed E-state index contributed by atoms with van der Waals surface area (Å²) >= 11 is 0. The van der Waals surface area contributed by atoms with Crippen molar-refractivity contribution in [1.82, 2.24) is 5.32 Å². The second kappa shape index (κ2) is 4.17. The smallest absolute Gasteiger partial charge is 0.157 e. The summed E-state index contributed by atoms with van der Waals surface area (Å²) < 4.78 is 0. The molecule has 0 unspecified atom stereocenters. The lowest BCUT2D eigenvalue weighted by atomic mass is 10.1. The van der Waals surface area contributed by atoms with Gasteiger partial charge in [0.25, 0.3) is 0 Å². The molecule has 0 aliphatic heterocycles. The van der Waals surface area contributed by atoms with E-state index in [0.717, 1.165) is 0 Å². The fourth-order valence-corrected chi connectivity index (χ4v) is 0.795. The predicted molar refractivity (Wildman–Crippen MR) is 38.8 cm³/mol. The lowest BCUT2D eigenvalue weighted by molar-refractivity contribution is -0.128. The Balaban J connectivity index is 4.06. The van der Waals surface area contributed by atoms with Crippen LogP contribution in [-0.4, -0.2) is 24.7 Å². The fraction of sp³-hybridized carbons (Fsp3) is 0.714. The number of carbonyl (C=O) groups is 2. The van der Waals surface area contributed by atoms with E-state index in [1.165, 1.54) is 6.92 Å². The lowest BCUT2D eigenvalue weighted by Gasteiger charge is -2.08. The van der Waals surface area contributed by atoms with Crippen LogP contribution in [0.3, 0.4) is 0 Å². The molecule has 3 nitrogen and oxygen atoms in total. The van der Waals surface area contributed by atoms with Gasteiger partial charge in [-0.25, -0.2) is 0 Å². The standard InChI is InChI=1S/C7H13NO2/c1-4-6(10)7(8-3)5(2)9/h7-8H,4H2,1-3H3/t7-/m1/s1. The molecule has 0 aromatic carbocycles. The fourth-order valence-electron chi connectivity index (χ4n) is 0.795. The van der Waals surface area contributed by atoms with Gasteiger partial charge in [-0.2, -0.15) is 0 Å². The number of Topliss-reactive ketones (excluding diaryl/α,β-unsaturated/α-hetero) is 2. The molecule has 1 atom stereocenters. The third-order valence-electron chi connectivity index (χ3n) is 1.37. The normalized spacial score (nSPS) is 12.7. The highest BCUT2D eigenvalue weighted by Gasteiger charge is 2.18. The molecule has 10 heavy (non-hydrogen) atoms. The van der Waals surface area contributed by atoms with Crippen molar-refractivity contribution >= 4 is 11.6 Å². The summed E-state index contributed by atoms with van der Waals surface area (Å²) in [5.41, 5.74) is 0. The van der Waals surface area contributed by atoms with Crippen molar-refractivity contribution in [3.05, 3.63) is 0 Å². The summed E-state index contributed by atoms with van der Waals surface area (Å²) in [5.74, 6) is -0.163. The van der Waals surface area contributed by atoms with Gasteiger partial charge in [0.2, 0.25) is 0 Å². The van der Waals surface area contributed by atoms with Gasteiger partial charge in [-0.05, 0) is 14.0 Å². The molecule has 0 saturated heterocycles. The zero-order valence-electron chi connectivity index (χ0n) is 6.60. The van der Waals surface area contributed by atoms with Gasteiger partial charge in [0.15, 0.2) is 11.6 Å². The first-order valence-corrected chi connectivity index (χ1v) is 3.33. The first kappa shape index (κ1) is 9.30. The summed E-state index contributed by atoms with van der Waals surface area (Å²) in [5, 5.41) is 2.65. The van der Waals surface area contributed by atoms with E-state index in [1.807, 2.05) is 0 Å². The molecule has 0 amide bonds. The molecule has 0 aromatic rings. The van der Waals surface area contributed by atoms with Gasteiger partial charge >= 0.3 is 0 Å². The van der Waals surface area contributed by atoms with E-state index in [-0.39, 0.29) is 11.6 Å². The maximum Gasteiger partial charge on any atom is 0.157 e. The molecule has 0 bridgehead atoms. The van der Waals surface area contributed by atoms with Gasteiger partial charge in [0.05, 0.1) is 0 Å². The van der Waals surface area contributed by atoms with Crippen molar-refractivity contribution < 1.29 is 9.59 Å². The monoisotopic (exact) mass is 143 g/mol. The summed E-state index contributed by atoms with van der Waals surface area (Å²) in [6.07, 6.45) is 0.408. The van der Waals surface area contributed by atoms with Crippen LogP contribution in [0, 0.1) is 0 Å². The van der Waals surface area contributed by atoms with Crippen molar-refractivity contribution in [3.8, 4) is 0 Å². The van der Waals surface area contributed by atoms with E-state index in [9.17, 15) is 9.59 Å². The van der Waals surface area contributed by atoms with E-state index in [0.29, 0.717) is 6.42 Å². The molecule has 0 spiro atoms. The Bertz CT molecular complexity index is 143. The summed E-state index contributed by atoms with van der Waals surface area (Å²) in [4.78, 5) is 21.6. The Morgan fingerprint density at radius 3 is 2.10 bits per heavy atom. The van der Waals surface area contributed by atoms with Gasteiger partial charge in [0, 0.05) is 6.42 Å². The Labute approximate surface area is 60.8 Å². The zero-order valence-corrected chi connectivity index (χ0v) is 6.60. The summed E-state index contributed by atoms with van der Waals surface area (Å²) in [6, 6.07) is -0.593. The minimum Gasteiger partial charge on any atom is -0.304 e. The number of rotatable bonds is 4. The maximum atomic E-state index is 10.9. The average molecular weight is 143 g/mol. The molecule has 0 rings (SSSR count). The van der Waals surface area contributed by atoms with Gasteiger partial charge in [-0.15, -0.1) is 0 Å². The van der Waals surface area contributed by atoms with E-state index in [4.69, 9.17) is 0 Å². The third-order valence-corrected chi connectivity index (χ3v) is 1.37. The van der Waals surface area contributed by atoms with E-state index < -0.39 is 6.04 Å². The predicted octanol–water partition coefficient (Wildman–Crippen LogP) is 0.143. The van der Waals surface area contributed by atoms with E-state index in [2.05, 4.69) is 5.32 Å². The topological polar surface area (TPSA) is 46.2 Å². The van der Waals surface area contributed by atoms with Crippen molar-refractivity contribution in [1.29, 1.82) is 0 Å². The van der Waals surface area contributed by atoms with Gasteiger partial charge in [-0.3, -0.25) is 9.59 Å². The quantitative estimate of drug-likeness (QED) is 0.569. The van der Waals surface area contributed by atoms with Crippen LogP contribution in [0.4, 0.5) is 0 Å². The van der Waals surface area contributed by atoms with Crippen LogP contribution in [0.1, 0.15) is 20.3 Å². The second-order valence-electron chi connectivity index (χ2n) is 2.15. The molecule has 0 fully saturated rings. The molecule has 1 N–H and O–H groups in total. The average Bonchev–Trinajstić information content (AvgIpc) is 1.88. The van der Waals surface area contributed by atoms with Crippen LogP contribution in [0.2, 0.25) is 0 Å². The number of likely N-dealkylation sites (N-methyl/N-ethyl adjacent to an activating group) is 1. The number of hydrogen-bond donors (Lipinski definition) is 1. The SMILES string of the molecule is CCC(=O)[C@H](NC)C(C)=O. The van der Waals surface area contributed by atoms with Crippen molar-refractivity contribution in [3.63, 3.8) is 0 Å². The number of hydrogen-bond acceptors (Lipinski definition) is 3. The highest BCUT2D eigenvalue weighted by Crippen LogP contribution is 1.91. The summed E-state index contributed by atoms with van der Waals surface area (Å²) in [7, 11) is 1.61. The highest BCUT2D eigenvalue weighted by molar-refractivity contribution is 6.05. The molecule has 0 saturated carbocycles. The highest BCUT2D eigenvalue weighted by atomic mass is 16.2. The molecule has 0 aromatic heterocycles. The van der Waals surface area contributed by atoms with Gasteiger partial charge < -0.3 is 5.32 Å². The Morgan fingerprint density at radius 1 is 1.50 bits per heavy atom. The maximum absolute atomic E-state index is 10.9. The van der Waals surface area contributed by atoms with Crippen LogP contribution in [0.5, 0.6) is 0 Å². The van der Waals surface area contributed by atoms with Crippen LogP contribution in [0.15, 0.2) is 0 Å². The van der Waals surface area contributed by atoms with Gasteiger partial charge in [0.1, 0.15) is 6.04 Å². The summed E-state index contributed by atoms with van der Waals surface area (Å²) in [6.45, 7) is 3.16. The molecule has 0 heterocycles. The Hall–Kier alpha value is -0.700. The van der Waals surface area contributed by atoms with Crippen molar-refractivity contribution in [2.24, 2.45) is 0 Å². The van der Waals surface area contributed by atoms with Crippen LogP contribution in [-0.2, 0) is 9.59 Å². The number of nitrogens with one attached hydrogen (secondary N) is 1. The first-order chi connectivity index (χ1) is 4.63. The first-order valence-electron chi connectivity index (χ1n) is 3.33. The number of ketones is 2. The lowest BCUT2D eigenvalue weighted by Crippen LogP contribution is -2.39. The molecule has 0 radical (unpaired) electrons. The largest absolute Gasteiger partial charge is 0.304 e. The van der Waals surface area contributed by atoms with Crippen molar-refractivity contribution in [2.75, 3.05) is 7.05 Å². The third kappa shape index (κ3) is 2.27. The van der Waals surface area contributed by atoms with Crippen LogP contribution < -0.4 is 5.32 Å². The number of carbonyl (C=O) groups excluding carboxylic acids is 2. The molecular weight excluding hydrogens is 130 g/mol. The minimum atomic E-state index is -0.593. The second-order valence-corrected chi connectivity index (χ2v) is 2.15. The van der Waals surface area contributed by atoms with Crippen LogP contribution >= 0.6 is 0 Å².